The molecule has 2 aromatic carbocycles. The fraction of sp³-hybridized carbons (Fsp3) is 0.0769. The number of alkyl halides is 3. The van der Waals surface area contributed by atoms with Crippen LogP contribution in [0.2, 0.25) is 0 Å². The molecule has 0 aliphatic rings. The van der Waals surface area contributed by atoms with E-state index in [0.29, 0.717) is 5.75 Å². The van der Waals surface area contributed by atoms with E-state index in [1.54, 1.807) is 30.3 Å². The first-order valence-corrected chi connectivity index (χ1v) is 6.01. The topological polar surface area (TPSA) is 18.5 Å². The Bertz CT molecular complexity index is 553. The molecule has 19 heavy (non-hydrogen) atoms. The van der Waals surface area contributed by atoms with Gasteiger partial charge >= 0.3 is 6.36 Å². The van der Waals surface area contributed by atoms with Crippen LogP contribution in [0, 0.1) is 0 Å². The summed E-state index contributed by atoms with van der Waals surface area (Å²) >= 11 is 3.27. The SMILES string of the molecule is FC(F)(F)Oc1cccc(Oc2ccc(Br)cc2)c1. The van der Waals surface area contributed by atoms with Crippen LogP contribution < -0.4 is 9.47 Å². The molecule has 0 radical (unpaired) electrons. The number of halogens is 4. The Labute approximate surface area is 115 Å². The maximum atomic E-state index is 12.1. The lowest BCUT2D eigenvalue weighted by atomic mass is 10.3. The van der Waals surface area contributed by atoms with Crippen molar-refractivity contribution in [2.45, 2.75) is 6.36 Å². The average molecular weight is 333 g/mol. The molecule has 0 amide bonds. The summed E-state index contributed by atoms with van der Waals surface area (Å²) in [6.45, 7) is 0. The van der Waals surface area contributed by atoms with Gasteiger partial charge in [0.05, 0.1) is 0 Å². The molecule has 0 aliphatic carbocycles. The van der Waals surface area contributed by atoms with Crippen LogP contribution in [0.1, 0.15) is 0 Å². The van der Waals surface area contributed by atoms with Crippen LogP contribution in [0.3, 0.4) is 0 Å². The van der Waals surface area contributed by atoms with Crippen LogP contribution in [-0.2, 0) is 0 Å². The molecule has 2 aromatic rings. The van der Waals surface area contributed by atoms with Gasteiger partial charge in [0.2, 0.25) is 0 Å². The summed E-state index contributed by atoms with van der Waals surface area (Å²) in [5, 5.41) is 0. The van der Waals surface area contributed by atoms with Crippen LogP contribution in [-0.4, -0.2) is 6.36 Å². The molecule has 0 saturated heterocycles. The molecule has 0 fully saturated rings. The van der Waals surface area contributed by atoms with E-state index in [-0.39, 0.29) is 11.5 Å². The second kappa shape index (κ2) is 5.52. The lowest BCUT2D eigenvalue weighted by molar-refractivity contribution is -0.274. The van der Waals surface area contributed by atoms with Crippen molar-refractivity contribution in [3.05, 3.63) is 53.0 Å². The van der Waals surface area contributed by atoms with Gasteiger partial charge in [-0.2, -0.15) is 0 Å². The lowest BCUT2D eigenvalue weighted by Crippen LogP contribution is -2.16. The molecular weight excluding hydrogens is 325 g/mol. The molecule has 0 aromatic heterocycles. The van der Waals surface area contributed by atoms with Gasteiger partial charge in [-0.25, -0.2) is 0 Å². The largest absolute Gasteiger partial charge is 0.573 e. The summed E-state index contributed by atoms with van der Waals surface area (Å²) in [6, 6.07) is 12.3. The highest BCUT2D eigenvalue weighted by Gasteiger charge is 2.31. The van der Waals surface area contributed by atoms with E-state index in [1.807, 2.05) is 0 Å². The van der Waals surface area contributed by atoms with Gasteiger partial charge in [0.1, 0.15) is 17.2 Å². The molecule has 0 bridgehead atoms. The molecular formula is C13H8BrF3O2. The molecule has 0 N–H and O–H groups in total. The van der Waals surface area contributed by atoms with Crippen molar-refractivity contribution < 1.29 is 22.6 Å². The first-order valence-electron chi connectivity index (χ1n) is 5.22. The van der Waals surface area contributed by atoms with Gasteiger partial charge in [-0.3, -0.25) is 0 Å². The van der Waals surface area contributed by atoms with Crippen LogP contribution >= 0.6 is 15.9 Å². The van der Waals surface area contributed by atoms with E-state index >= 15 is 0 Å². The Balaban J connectivity index is 2.13. The third-order valence-electron chi connectivity index (χ3n) is 2.09. The van der Waals surface area contributed by atoms with Crippen molar-refractivity contribution in [2.75, 3.05) is 0 Å². The standard InChI is InChI=1S/C13H8BrF3O2/c14-9-4-6-10(7-5-9)18-11-2-1-3-12(8-11)19-13(15,16)17/h1-8H. The fourth-order valence-electron chi connectivity index (χ4n) is 1.37. The van der Waals surface area contributed by atoms with E-state index in [0.717, 1.165) is 4.47 Å². The number of hydrogen-bond acceptors (Lipinski definition) is 2. The van der Waals surface area contributed by atoms with E-state index in [1.165, 1.54) is 18.2 Å². The maximum absolute atomic E-state index is 12.1. The molecule has 6 heteroatoms. The van der Waals surface area contributed by atoms with Gasteiger partial charge in [-0.1, -0.05) is 22.0 Å². The Morgan fingerprint density at radius 2 is 1.47 bits per heavy atom. The molecule has 0 saturated carbocycles. The number of benzene rings is 2. The minimum absolute atomic E-state index is 0.268. The summed E-state index contributed by atoms with van der Waals surface area (Å²) in [4.78, 5) is 0. The van der Waals surface area contributed by atoms with Crippen molar-refractivity contribution in [1.29, 1.82) is 0 Å². The Morgan fingerprint density at radius 3 is 2.11 bits per heavy atom. The Morgan fingerprint density at radius 1 is 0.842 bits per heavy atom. The van der Waals surface area contributed by atoms with Crippen LogP contribution in [0.4, 0.5) is 13.2 Å². The van der Waals surface area contributed by atoms with Gasteiger partial charge in [-0.15, -0.1) is 13.2 Å². The van der Waals surface area contributed by atoms with E-state index in [4.69, 9.17) is 4.74 Å². The monoisotopic (exact) mass is 332 g/mol. The van der Waals surface area contributed by atoms with E-state index in [2.05, 4.69) is 20.7 Å². The molecule has 100 valence electrons. The van der Waals surface area contributed by atoms with Crippen molar-refractivity contribution in [3.63, 3.8) is 0 Å². The van der Waals surface area contributed by atoms with Crippen LogP contribution in [0.25, 0.3) is 0 Å². The number of hydrogen-bond donors (Lipinski definition) is 0. The van der Waals surface area contributed by atoms with Crippen molar-refractivity contribution in [3.8, 4) is 17.2 Å². The van der Waals surface area contributed by atoms with Gasteiger partial charge < -0.3 is 9.47 Å². The first-order chi connectivity index (χ1) is 8.92. The minimum atomic E-state index is -4.71. The van der Waals surface area contributed by atoms with Gasteiger partial charge in [0, 0.05) is 10.5 Å². The van der Waals surface area contributed by atoms with Gasteiger partial charge in [0.25, 0.3) is 0 Å². The molecule has 0 unspecified atom stereocenters. The summed E-state index contributed by atoms with van der Waals surface area (Å²) in [5.74, 6) is 0.471. The smallest absolute Gasteiger partial charge is 0.457 e. The Kier molecular flexibility index (Phi) is 3.99. The highest BCUT2D eigenvalue weighted by Crippen LogP contribution is 2.29. The summed E-state index contributed by atoms with van der Waals surface area (Å²) in [5.41, 5.74) is 0. The second-order valence-electron chi connectivity index (χ2n) is 3.58. The fourth-order valence-corrected chi connectivity index (χ4v) is 1.64. The maximum Gasteiger partial charge on any atom is 0.573 e. The van der Waals surface area contributed by atoms with Crippen molar-refractivity contribution >= 4 is 15.9 Å². The predicted molar refractivity (Wildman–Crippen MR) is 67.3 cm³/mol. The predicted octanol–water partition coefficient (Wildman–Crippen LogP) is 5.14. The number of rotatable bonds is 3. The summed E-state index contributed by atoms with van der Waals surface area (Å²) < 4.78 is 46.3. The highest BCUT2D eigenvalue weighted by atomic mass is 79.9. The normalized spacial score (nSPS) is 11.2. The van der Waals surface area contributed by atoms with Crippen molar-refractivity contribution in [2.24, 2.45) is 0 Å². The third-order valence-corrected chi connectivity index (χ3v) is 2.62. The Hall–Kier alpha value is -1.69. The molecule has 0 aliphatic heterocycles. The van der Waals surface area contributed by atoms with Gasteiger partial charge in [-0.05, 0) is 36.4 Å². The average Bonchev–Trinajstić information content (AvgIpc) is 2.30. The van der Waals surface area contributed by atoms with Gasteiger partial charge in [0.15, 0.2) is 0 Å². The summed E-state index contributed by atoms with van der Waals surface area (Å²) in [6.07, 6.45) is -4.71. The minimum Gasteiger partial charge on any atom is -0.457 e. The van der Waals surface area contributed by atoms with Crippen molar-refractivity contribution in [1.82, 2.24) is 0 Å². The third kappa shape index (κ3) is 4.48. The molecule has 0 atom stereocenters. The zero-order valence-electron chi connectivity index (χ0n) is 9.45. The molecule has 0 heterocycles. The summed E-state index contributed by atoms with van der Waals surface area (Å²) in [7, 11) is 0. The van der Waals surface area contributed by atoms with E-state index < -0.39 is 6.36 Å². The lowest BCUT2D eigenvalue weighted by Gasteiger charge is -2.10. The zero-order chi connectivity index (χ0) is 13.9. The van der Waals surface area contributed by atoms with Crippen LogP contribution in [0.5, 0.6) is 17.2 Å². The first kappa shape index (κ1) is 13.7. The second-order valence-corrected chi connectivity index (χ2v) is 4.49. The zero-order valence-corrected chi connectivity index (χ0v) is 11.0. The molecule has 2 rings (SSSR count). The van der Waals surface area contributed by atoms with E-state index in [9.17, 15) is 13.2 Å². The molecule has 2 nitrogen and oxygen atoms in total. The quantitative estimate of drug-likeness (QED) is 0.774. The number of ether oxygens (including phenoxy) is 2. The molecule has 0 spiro atoms. The van der Waals surface area contributed by atoms with Crippen LogP contribution in [0.15, 0.2) is 53.0 Å². The highest BCUT2D eigenvalue weighted by molar-refractivity contribution is 9.10.